The summed E-state index contributed by atoms with van der Waals surface area (Å²) in [6.45, 7) is 11.4. The predicted octanol–water partition coefficient (Wildman–Crippen LogP) is 4.06. The third kappa shape index (κ3) is 3.13. The van der Waals surface area contributed by atoms with Crippen molar-refractivity contribution < 1.29 is 0 Å². The standard InChI is InChI=1S/C16H22BrN3/c1-10(2)18-9-14-8-11(3)6-7-15(14)20-13(5)16(17)12(4)19-20/h6-8,10,18H,9H2,1-5H3. The van der Waals surface area contributed by atoms with Crippen LogP contribution in [0.25, 0.3) is 5.69 Å². The Morgan fingerprint density at radius 1 is 1.25 bits per heavy atom. The number of rotatable bonds is 4. The van der Waals surface area contributed by atoms with Gasteiger partial charge >= 0.3 is 0 Å². The summed E-state index contributed by atoms with van der Waals surface area (Å²) in [5.41, 5.74) is 5.85. The van der Waals surface area contributed by atoms with Gasteiger partial charge in [0.2, 0.25) is 0 Å². The molecule has 2 aromatic rings. The van der Waals surface area contributed by atoms with Crippen LogP contribution in [0.4, 0.5) is 0 Å². The fourth-order valence-electron chi connectivity index (χ4n) is 2.23. The Bertz CT molecular complexity index is 614. The number of hydrogen-bond donors (Lipinski definition) is 1. The normalized spacial score (nSPS) is 11.3. The van der Waals surface area contributed by atoms with Crippen LogP contribution in [0.15, 0.2) is 22.7 Å². The smallest absolute Gasteiger partial charge is 0.0743 e. The van der Waals surface area contributed by atoms with Crippen LogP contribution in [0.2, 0.25) is 0 Å². The van der Waals surface area contributed by atoms with Crippen molar-refractivity contribution in [3.63, 3.8) is 0 Å². The highest BCUT2D eigenvalue weighted by molar-refractivity contribution is 9.10. The maximum atomic E-state index is 4.64. The van der Waals surface area contributed by atoms with Crippen molar-refractivity contribution in [1.29, 1.82) is 0 Å². The maximum absolute atomic E-state index is 4.64. The number of nitrogens with zero attached hydrogens (tertiary/aromatic N) is 2. The minimum Gasteiger partial charge on any atom is -0.310 e. The maximum Gasteiger partial charge on any atom is 0.0743 e. The second-order valence-electron chi connectivity index (χ2n) is 5.56. The number of aryl methyl sites for hydroxylation is 2. The molecule has 0 aliphatic heterocycles. The molecule has 0 aliphatic rings. The first-order chi connectivity index (χ1) is 9.40. The van der Waals surface area contributed by atoms with Crippen LogP contribution in [0.1, 0.15) is 36.4 Å². The van der Waals surface area contributed by atoms with Gasteiger partial charge in [0.1, 0.15) is 0 Å². The highest BCUT2D eigenvalue weighted by atomic mass is 79.9. The molecule has 2 rings (SSSR count). The van der Waals surface area contributed by atoms with Crippen LogP contribution in [-0.4, -0.2) is 15.8 Å². The van der Waals surface area contributed by atoms with E-state index in [0.29, 0.717) is 6.04 Å². The van der Waals surface area contributed by atoms with Crippen LogP contribution in [-0.2, 0) is 6.54 Å². The number of aromatic nitrogens is 2. The van der Waals surface area contributed by atoms with Gasteiger partial charge in [-0.2, -0.15) is 5.10 Å². The van der Waals surface area contributed by atoms with E-state index in [2.05, 4.69) is 72.2 Å². The van der Waals surface area contributed by atoms with Gasteiger partial charge in [0.05, 0.1) is 21.5 Å². The summed E-state index contributed by atoms with van der Waals surface area (Å²) in [5, 5.41) is 8.13. The van der Waals surface area contributed by atoms with Crippen molar-refractivity contribution in [2.24, 2.45) is 0 Å². The molecule has 0 spiro atoms. The summed E-state index contributed by atoms with van der Waals surface area (Å²) in [6, 6.07) is 6.99. The van der Waals surface area contributed by atoms with Gasteiger partial charge in [0.15, 0.2) is 0 Å². The first-order valence-electron chi connectivity index (χ1n) is 6.95. The summed E-state index contributed by atoms with van der Waals surface area (Å²) in [4.78, 5) is 0. The highest BCUT2D eigenvalue weighted by Gasteiger charge is 2.13. The number of halogens is 1. The number of benzene rings is 1. The number of nitrogens with one attached hydrogen (secondary N) is 1. The molecular formula is C16H22BrN3. The Balaban J connectivity index is 2.47. The SMILES string of the molecule is Cc1ccc(-n2nc(C)c(Br)c2C)c(CNC(C)C)c1. The van der Waals surface area contributed by atoms with Gasteiger partial charge in [-0.3, -0.25) is 0 Å². The zero-order valence-corrected chi connectivity index (χ0v) is 14.4. The molecule has 1 aromatic heterocycles. The fraction of sp³-hybridized carbons (Fsp3) is 0.438. The molecule has 0 fully saturated rings. The lowest BCUT2D eigenvalue weighted by molar-refractivity contribution is 0.586. The Labute approximate surface area is 129 Å². The Morgan fingerprint density at radius 2 is 1.95 bits per heavy atom. The molecule has 0 saturated heterocycles. The van der Waals surface area contributed by atoms with Crippen LogP contribution < -0.4 is 5.32 Å². The largest absolute Gasteiger partial charge is 0.310 e. The molecule has 0 saturated carbocycles. The molecule has 1 heterocycles. The highest BCUT2D eigenvalue weighted by Crippen LogP contribution is 2.25. The van der Waals surface area contributed by atoms with Gasteiger partial charge < -0.3 is 5.32 Å². The molecule has 0 radical (unpaired) electrons. The Morgan fingerprint density at radius 3 is 2.50 bits per heavy atom. The van der Waals surface area contributed by atoms with Crippen molar-refractivity contribution in [3.8, 4) is 5.69 Å². The second kappa shape index (κ2) is 6.10. The summed E-state index contributed by atoms with van der Waals surface area (Å²) in [6.07, 6.45) is 0. The van der Waals surface area contributed by atoms with Crippen molar-refractivity contribution in [2.75, 3.05) is 0 Å². The third-order valence-electron chi connectivity index (χ3n) is 3.37. The average molecular weight is 336 g/mol. The summed E-state index contributed by atoms with van der Waals surface area (Å²) < 4.78 is 3.11. The molecule has 0 atom stereocenters. The molecule has 0 bridgehead atoms. The monoisotopic (exact) mass is 335 g/mol. The fourth-order valence-corrected chi connectivity index (χ4v) is 2.48. The lowest BCUT2D eigenvalue weighted by Gasteiger charge is -2.14. The lowest BCUT2D eigenvalue weighted by atomic mass is 10.1. The van der Waals surface area contributed by atoms with Crippen LogP contribution in [0, 0.1) is 20.8 Å². The van der Waals surface area contributed by atoms with E-state index in [1.165, 1.54) is 11.1 Å². The van der Waals surface area contributed by atoms with Gasteiger partial charge in [0, 0.05) is 12.6 Å². The lowest BCUT2D eigenvalue weighted by Crippen LogP contribution is -2.23. The van der Waals surface area contributed by atoms with E-state index in [-0.39, 0.29) is 0 Å². The van der Waals surface area contributed by atoms with Gasteiger partial charge in [-0.25, -0.2) is 4.68 Å². The predicted molar refractivity (Wildman–Crippen MR) is 87.5 cm³/mol. The average Bonchev–Trinajstić information content (AvgIpc) is 2.64. The molecule has 4 heteroatoms. The van der Waals surface area contributed by atoms with Crippen LogP contribution >= 0.6 is 15.9 Å². The van der Waals surface area contributed by atoms with Crippen molar-refractivity contribution >= 4 is 15.9 Å². The molecule has 108 valence electrons. The topological polar surface area (TPSA) is 29.9 Å². The first kappa shape index (κ1) is 15.3. The van der Waals surface area contributed by atoms with E-state index in [0.717, 1.165) is 28.1 Å². The molecule has 20 heavy (non-hydrogen) atoms. The molecule has 0 unspecified atom stereocenters. The molecule has 1 aromatic carbocycles. The van der Waals surface area contributed by atoms with E-state index < -0.39 is 0 Å². The first-order valence-corrected chi connectivity index (χ1v) is 7.74. The third-order valence-corrected chi connectivity index (χ3v) is 4.51. The Kier molecular flexibility index (Phi) is 4.66. The minimum absolute atomic E-state index is 0.468. The minimum atomic E-state index is 0.468. The summed E-state index contributed by atoms with van der Waals surface area (Å²) in [7, 11) is 0. The summed E-state index contributed by atoms with van der Waals surface area (Å²) >= 11 is 3.60. The van der Waals surface area contributed by atoms with E-state index in [1.54, 1.807) is 0 Å². The van der Waals surface area contributed by atoms with Crippen LogP contribution in [0.5, 0.6) is 0 Å². The second-order valence-corrected chi connectivity index (χ2v) is 6.36. The molecule has 3 nitrogen and oxygen atoms in total. The molecule has 0 aliphatic carbocycles. The van der Waals surface area contributed by atoms with Crippen molar-refractivity contribution in [3.05, 3.63) is 45.2 Å². The zero-order valence-electron chi connectivity index (χ0n) is 12.8. The van der Waals surface area contributed by atoms with Crippen LogP contribution in [0.3, 0.4) is 0 Å². The van der Waals surface area contributed by atoms with E-state index >= 15 is 0 Å². The van der Waals surface area contributed by atoms with Gasteiger partial charge in [0.25, 0.3) is 0 Å². The molecule has 1 N–H and O–H groups in total. The van der Waals surface area contributed by atoms with Gasteiger partial charge in [-0.05, 0) is 48.3 Å². The zero-order chi connectivity index (χ0) is 14.9. The van der Waals surface area contributed by atoms with Crippen molar-refractivity contribution in [2.45, 2.75) is 47.2 Å². The molecule has 0 amide bonds. The summed E-state index contributed by atoms with van der Waals surface area (Å²) in [5.74, 6) is 0. The Hall–Kier alpha value is -1.13. The van der Waals surface area contributed by atoms with Gasteiger partial charge in [-0.1, -0.05) is 31.5 Å². The molecular weight excluding hydrogens is 314 g/mol. The van der Waals surface area contributed by atoms with Gasteiger partial charge in [-0.15, -0.1) is 0 Å². The van der Waals surface area contributed by atoms with E-state index in [9.17, 15) is 0 Å². The van der Waals surface area contributed by atoms with Crippen molar-refractivity contribution in [1.82, 2.24) is 15.1 Å². The number of hydrogen-bond acceptors (Lipinski definition) is 2. The quantitative estimate of drug-likeness (QED) is 0.913. The van der Waals surface area contributed by atoms with E-state index in [1.807, 2.05) is 11.6 Å². The van der Waals surface area contributed by atoms with E-state index in [4.69, 9.17) is 0 Å².